The number of hydrogen-bond acceptors (Lipinski definition) is 4. The van der Waals surface area contributed by atoms with Crippen LogP contribution in [0.5, 0.6) is 0 Å². The second kappa shape index (κ2) is 6.51. The Morgan fingerprint density at radius 1 is 1.04 bits per heavy atom. The van der Waals surface area contributed by atoms with Crippen LogP contribution < -0.4 is 15.5 Å². The number of piperazine rings is 1. The number of benzene rings is 1. The van der Waals surface area contributed by atoms with Gasteiger partial charge in [-0.2, -0.15) is 0 Å². The van der Waals surface area contributed by atoms with E-state index < -0.39 is 11.8 Å². The van der Waals surface area contributed by atoms with Gasteiger partial charge in [0.1, 0.15) is 0 Å². The molecule has 1 unspecified atom stereocenters. The van der Waals surface area contributed by atoms with E-state index in [2.05, 4.69) is 4.90 Å². The second-order valence-corrected chi connectivity index (χ2v) is 6.32. The van der Waals surface area contributed by atoms with Crippen molar-refractivity contribution in [1.82, 2.24) is 4.90 Å². The van der Waals surface area contributed by atoms with Crippen LogP contribution in [0.25, 0.3) is 0 Å². The largest absolute Gasteiger partial charge is 0.369 e. The maximum absolute atomic E-state index is 12.0. The van der Waals surface area contributed by atoms with Crippen LogP contribution in [0, 0.1) is 5.92 Å². The molecule has 1 aromatic carbocycles. The molecule has 1 aromatic rings. The molecule has 24 heavy (non-hydrogen) atoms. The van der Waals surface area contributed by atoms with Crippen molar-refractivity contribution in [3.05, 3.63) is 24.3 Å². The Kier molecular flexibility index (Phi) is 4.42. The molecule has 1 atom stereocenters. The fourth-order valence-corrected chi connectivity index (χ4v) is 3.27. The van der Waals surface area contributed by atoms with E-state index >= 15 is 0 Å². The summed E-state index contributed by atoms with van der Waals surface area (Å²) in [7, 11) is 0. The van der Waals surface area contributed by atoms with Crippen molar-refractivity contribution in [3.63, 3.8) is 0 Å². The minimum absolute atomic E-state index is 0.0679. The quantitative estimate of drug-likeness (QED) is 0.857. The van der Waals surface area contributed by atoms with Crippen LogP contribution in [0.15, 0.2) is 24.3 Å². The Bertz CT molecular complexity index is 650. The number of carbonyl (C=O) groups excluding carboxylic acids is 3. The summed E-state index contributed by atoms with van der Waals surface area (Å²) in [6.07, 6.45) is 0.185. The first-order chi connectivity index (χ1) is 11.5. The van der Waals surface area contributed by atoms with E-state index in [1.165, 1.54) is 0 Å². The van der Waals surface area contributed by atoms with Gasteiger partial charge in [-0.3, -0.25) is 14.4 Å². The summed E-state index contributed by atoms with van der Waals surface area (Å²) in [4.78, 5) is 40.4. The summed E-state index contributed by atoms with van der Waals surface area (Å²) in [6, 6.07) is 7.75. The number of amides is 3. The van der Waals surface area contributed by atoms with E-state index in [0.29, 0.717) is 6.54 Å². The molecule has 3 amide bonds. The molecule has 7 nitrogen and oxygen atoms in total. The highest BCUT2D eigenvalue weighted by Crippen LogP contribution is 2.27. The first-order valence-corrected chi connectivity index (χ1v) is 8.16. The maximum Gasteiger partial charge on any atom is 0.227 e. The van der Waals surface area contributed by atoms with Gasteiger partial charge >= 0.3 is 0 Å². The van der Waals surface area contributed by atoms with Gasteiger partial charge in [0.05, 0.1) is 5.92 Å². The van der Waals surface area contributed by atoms with Gasteiger partial charge in [-0.25, -0.2) is 0 Å². The normalized spacial score (nSPS) is 21.3. The number of primary amides is 1. The van der Waals surface area contributed by atoms with Crippen molar-refractivity contribution >= 4 is 29.1 Å². The Hall–Kier alpha value is -2.57. The van der Waals surface area contributed by atoms with Crippen LogP contribution in [0.2, 0.25) is 0 Å². The van der Waals surface area contributed by atoms with Gasteiger partial charge in [0.25, 0.3) is 0 Å². The van der Waals surface area contributed by atoms with Crippen molar-refractivity contribution in [2.75, 3.05) is 42.5 Å². The molecule has 2 aliphatic rings. The molecule has 0 saturated carbocycles. The summed E-state index contributed by atoms with van der Waals surface area (Å²) in [5.41, 5.74) is 7.16. The standard InChI is InChI=1S/C17H22N4O3/c1-12(22)19-6-8-20(9-7-19)14-2-4-15(5-3-14)21-11-13(17(18)24)10-16(21)23/h2-5,13H,6-11H2,1H3,(H2,18,24). The third kappa shape index (κ3) is 3.20. The summed E-state index contributed by atoms with van der Waals surface area (Å²) >= 11 is 0. The Morgan fingerprint density at radius 2 is 1.62 bits per heavy atom. The van der Waals surface area contributed by atoms with Crippen molar-refractivity contribution in [2.45, 2.75) is 13.3 Å². The third-order valence-electron chi connectivity index (χ3n) is 4.78. The predicted octanol–water partition coefficient (Wildman–Crippen LogP) is 0.193. The molecule has 0 bridgehead atoms. The van der Waals surface area contributed by atoms with Crippen molar-refractivity contribution < 1.29 is 14.4 Å². The molecular weight excluding hydrogens is 308 g/mol. The number of anilines is 2. The number of nitrogens with two attached hydrogens (primary N) is 1. The van der Waals surface area contributed by atoms with Crippen LogP contribution >= 0.6 is 0 Å². The third-order valence-corrected chi connectivity index (χ3v) is 4.78. The molecule has 128 valence electrons. The Morgan fingerprint density at radius 3 is 2.12 bits per heavy atom. The van der Waals surface area contributed by atoms with Crippen molar-refractivity contribution in [1.29, 1.82) is 0 Å². The minimum Gasteiger partial charge on any atom is -0.369 e. The zero-order chi connectivity index (χ0) is 17.3. The van der Waals surface area contributed by atoms with Crippen LogP contribution in [0.4, 0.5) is 11.4 Å². The molecule has 7 heteroatoms. The van der Waals surface area contributed by atoms with E-state index in [1.54, 1.807) is 11.8 Å². The van der Waals surface area contributed by atoms with E-state index in [4.69, 9.17) is 5.73 Å². The Balaban J connectivity index is 1.65. The zero-order valence-corrected chi connectivity index (χ0v) is 13.8. The molecular formula is C17H22N4O3. The number of carbonyl (C=O) groups is 3. The first kappa shape index (κ1) is 16.3. The maximum atomic E-state index is 12.0. The highest BCUT2D eigenvalue weighted by atomic mass is 16.2. The average Bonchev–Trinajstić information content (AvgIpc) is 2.97. The average molecular weight is 330 g/mol. The SMILES string of the molecule is CC(=O)N1CCN(c2ccc(N3CC(C(N)=O)CC3=O)cc2)CC1. The van der Waals surface area contributed by atoms with E-state index in [0.717, 1.165) is 37.6 Å². The zero-order valence-electron chi connectivity index (χ0n) is 13.8. The number of nitrogens with zero attached hydrogens (tertiary/aromatic N) is 3. The van der Waals surface area contributed by atoms with E-state index in [-0.39, 0.29) is 18.2 Å². The van der Waals surface area contributed by atoms with Gasteiger partial charge in [-0.1, -0.05) is 0 Å². The van der Waals surface area contributed by atoms with Crippen molar-refractivity contribution in [3.8, 4) is 0 Å². The van der Waals surface area contributed by atoms with Gasteiger partial charge < -0.3 is 20.4 Å². The van der Waals surface area contributed by atoms with Gasteiger partial charge in [0.2, 0.25) is 17.7 Å². The molecule has 3 rings (SSSR count). The predicted molar refractivity (Wildman–Crippen MR) is 90.6 cm³/mol. The lowest BCUT2D eigenvalue weighted by atomic mass is 10.1. The lowest BCUT2D eigenvalue weighted by Crippen LogP contribution is -2.48. The molecule has 0 radical (unpaired) electrons. The summed E-state index contributed by atoms with van der Waals surface area (Å²) in [5.74, 6) is -0.786. The van der Waals surface area contributed by atoms with Crippen LogP contribution in [0.1, 0.15) is 13.3 Å². The minimum atomic E-state index is -0.425. The van der Waals surface area contributed by atoms with Gasteiger partial charge in [-0.05, 0) is 24.3 Å². The molecule has 2 heterocycles. The topological polar surface area (TPSA) is 86.9 Å². The van der Waals surface area contributed by atoms with Crippen LogP contribution in [-0.4, -0.2) is 55.3 Å². The van der Waals surface area contributed by atoms with E-state index in [9.17, 15) is 14.4 Å². The smallest absolute Gasteiger partial charge is 0.227 e. The molecule has 2 aliphatic heterocycles. The molecule has 0 spiro atoms. The van der Waals surface area contributed by atoms with Crippen LogP contribution in [0.3, 0.4) is 0 Å². The molecule has 0 aromatic heterocycles. The Labute approximate surface area is 141 Å². The molecule has 2 saturated heterocycles. The summed E-state index contributed by atoms with van der Waals surface area (Å²) in [5, 5.41) is 0. The molecule has 2 N–H and O–H groups in total. The monoisotopic (exact) mass is 330 g/mol. The van der Waals surface area contributed by atoms with Gasteiger partial charge in [0, 0.05) is 57.4 Å². The highest BCUT2D eigenvalue weighted by molar-refractivity contribution is 6.00. The number of hydrogen-bond donors (Lipinski definition) is 1. The fraction of sp³-hybridized carbons (Fsp3) is 0.471. The molecule has 2 fully saturated rings. The van der Waals surface area contributed by atoms with Crippen LogP contribution in [-0.2, 0) is 14.4 Å². The first-order valence-electron chi connectivity index (χ1n) is 8.16. The lowest BCUT2D eigenvalue weighted by molar-refractivity contribution is -0.129. The lowest BCUT2D eigenvalue weighted by Gasteiger charge is -2.35. The van der Waals surface area contributed by atoms with E-state index in [1.807, 2.05) is 29.2 Å². The highest BCUT2D eigenvalue weighted by Gasteiger charge is 2.33. The fourth-order valence-electron chi connectivity index (χ4n) is 3.27. The second-order valence-electron chi connectivity index (χ2n) is 6.32. The van der Waals surface area contributed by atoms with Gasteiger partial charge in [0.15, 0.2) is 0 Å². The van der Waals surface area contributed by atoms with Gasteiger partial charge in [-0.15, -0.1) is 0 Å². The molecule has 0 aliphatic carbocycles. The summed E-state index contributed by atoms with van der Waals surface area (Å²) in [6.45, 7) is 4.99. The van der Waals surface area contributed by atoms with Crippen molar-refractivity contribution in [2.24, 2.45) is 11.7 Å². The number of rotatable bonds is 3. The summed E-state index contributed by atoms with van der Waals surface area (Å²) < 4.78 is 0.